The van der Waals surface area contributed by atoms with Crippen molar-refractivity contribution < 1.29 is 48.0 Å². The van der Waals surface area contributed by atoms with Crippen LogP contribution in [0.1, 0.15) is 81.3 Å². The molecular formula is C42H48N3O10. The van der Waals surface area contributed by atoms with E-state index >= 15 is 4.79 Å². The third-order valence-corrected chi connectivity index (χ3v) is 11.3. The second-order valence-corrected chi connectivity index (χ2v) is 15.5. The van der Waals surface area contributed by atoms with E-state index in [4.69, 9.17) is 28.4 Å². The highest BCUT2D eigenvalue weighted by Crippen LogP contribution is 2.56. The van der Waals surface area contributed by atoms with Gasteiger partial charge < -0.3 is 38.6 Å². The largest absolute Gasteiger partial charge is 0.493 e. The number of fused-ring (bicyclic) bond motifs is 3. The van der Waals surface area contributed by atoms with Gasteiger partial charge in [0.25, 0.3) is 5.91 Å². The maximum absolute atomic E-state index is 15.1. The summed E-state index contributed by atoms with van der Waals surface area (Å²) in [5.74, 6) is -0.754. The first-order valence-corrected chi connectivity index (χ1v) is 18.5. The lowest BCUT2D eigenvalue weighted by atomic mass is 9.65. The minimum Gasteiger partial charge on any atom is -0.493 e. The van der Waals surface area contributed by atoms with Crippen LogP contribution in [-0.2, 0) is 24.3 Å². The van der Waals surface area contributed by atoms with Crippen LogP contribution in [0, 0.1) is 11.8 Å². The van der Waals surface area contributed by atoms with Crippen molar-refractivity contribution in [2.24, 2.45) is 11.8 Å². The molecule has 13 heteroatoms. The molecule has 3 aromatic carbocycles. The van der Waals surface area contributed by atoms with Gasteiger partial charge in [0.2, 0.25) is 18.4 Å². The molecule has 55 heavy (non-hydrogen) atoms. The molecule has 0 saturated carbocycles. The van der Waals surface area contributed by atoms with Gasteiger partial charge in [0, 0.05) is 24.0 Å². The molecule has 0 spiro atoms. The molecule has 0 aromatic heterocycles. The molecule has 0 bridgehead atoms. The van der Waals surface area contributed by atoms with E-state index in [1.165, 1.54) is 21.3 Å². The van der Waals surface area contributed by atoms with Crippen molar-refractivity contribution >= 4 is 17.8 Å². The second kappa shape index (κ2) is 14.4. The molecule has 2 amide bonds. The quantitative estimate of drug-likeness (QED) is 0.244. The van der Waals surface area contributed by atoms with Crippen molar-refractivity contribution in [1.82, 2.24) is 15.3 Å². The van der Waals surface area contributed by atoms with E-state index < -0.39 is 58.7 Å². The van der Waals surface area contributed by atoms with Crippen LogP contribution in [0.5, 0.6) is 28.7 Å². The summed E-state index contributed by atoms with van der Waals surface area (Å²) < 4.78 is 34.5. The Labute approximate surface area is 321 Å². The third kappa shape index (κ3) is 6.32. The van der Waals surface area contributed by atoms with E-state index in [1.54, 1.807) is 38.7 Å². The van der Waals surface area contributed by atoms with E-state index in [2.05, 4.69) is 5.32 Å². The van der Waals surface area contributed by atoms with E-state index in [0.717, 1.165) is 21.8 Å². The number of esters is 1. The van der Waals surface area contributed by atoms with Crippen LogP contribution >= 0.6 is 0 Å². The van der Waals surface area contributed by atoms with Crippen LogP contribution in [0.4, 0.5) is 0 Å². The number of rotatable bonds is 11. The summed E-state index contributed by atoms with van der Waals surface area (Å²) in [5.41, 5.74) is 1.05. The number of nitrogens with one attached hydrogen (secondary N) is 1. The summed E-state index contributed by atoms with van der Waals surface area (Å²) in [5, 5.41) is 17.6. The number of carbonyl (C=O) groups is 3. The molecule has 1 N–H and O–H groups in total. The first-order chi connectivity index (χ1) is 26.3. The normalized spacial score (nSPS) is 23.5. The van der Waals surface area contributed by atoms with Gasteiger partial charge in [0.15, 0.2) is 23.0 Å². The summed E-state index contributed by atoms with van der Waals surface area (Å²) in [6, 6.07) is 14.7. The number of ether oxygens (including phenoxy) is 6. The highest BCUT2D eigenvalue weighted by molar-refractivity contribution is 6.00. The predicted octanol–water partition coefficient (Wildman–Crippen LogP) is 5.66. The van der Waals surface area contributed by atoms with Gasteiger partial charge in [-0.3, -0.25) is 14.4 Å². The van der Waals surface area contributed by atoms with Crippen LogP contribution in [-0.4, -0.2) is 80.1 Å². The smallest absolute Gasteiger partial charge is 0.310 e. The van der Waals surface area contributed by atoms with E-state index in [1.807, 2.05) is 61.5 Å². The Kier molecular flexibility index (Phi) is 9.97. The average Bonchev–Trinajstić information content (AvgIpc) is 3.84. The molecule has 3 aromatic rings. The molecule has 1 fully saturated rings. The Morgan fingerprint density at radius 1 is 0.927 bits per heavy atom. The maximum Gasteiger partial charge on any atom is 0.310 e. The zero-order valence-electron chi connectivity index (χ0n) is 32.5. The zero-order valence-corrected chi connectivity index (χ0v) is 32.5. The van der Waals surface area contributed by atoms with Crippen molar-refractivity contribution in [1.29, 1.82) is 0 Å². The Morgan fingerprint density at radius 3 is 2.13 bits per heavy atom. The molecule has 1 saturated heterocycles. The third-order valence-electron chi connectivity index (χ3n) is 11.3. The fourth-order valence-corrected chi connectivity index (χ4v) is 8.85. The topological polar surface area (TPSA) is 145 Å². The van der Waals surface area contributed by atoms with Crippen molar-refractivity contribution in [3.05, 3.63) is 88.5 Å². The number of benzene rings is 3. The number of carbonyl (C=O) groups excluding carboxylic acids is 3. The van der Waals surface area contributed by atoms with Gasteiger partial charge in [-0.2, -0.15) is 0 Å². The number of nitrogens with zero attached hydrogens (tertiary/aromatic N) is 2. The lowest BCUT2D eigenvalue weighted by molar-refractivity contribution is -0.238. The predicted molar refractivity (Wildman–Crippen MR) is 199 cm³/mol. The monoisotopic (exact) mass is 754 g/mol. The fourth-order valence-electron chi connectivity index (χ4n) is 8.85. The Morgan fingerprint density at radius 2 is 1.56 bits per heavy atom. The number of hydrogen-bond acceptors (Lipinski definition) is 10. The van der Waals surface area contributed by atoms with Crippen LogP contribution in [0.15, 0.2) is 66.2 Å². The number of amides is 2. The average molecular weight is 755 g/mol. The highest BCUT2D eigenvalue weighted by Gasteiger charge is 2.54. The molecular weight excluding hydrogens is 706 g/mol. The van der Waals surface area contributed by atoms with Crippen LogP contribution < -0.4 is 29.0 Å². The molecule has 13 nitrogen and oxygen atoms in total. The molecule has 291 valence electrons. The number of cyclic esters (lactones) is 1. The Bertz CT molecular complexity index is 2000. The van der Waals surface area contributed by atoms with E-state index in [0.29, 0.717) is 46.3 Å². The van der Waals surface area contributed by atoms with Gasteiger partial charge in [-0.15, -0.1) is 10.3 Å². The SMILES string of the molecule is CCCN(C(=O)C1=CC(C)(C)N([O])C1(C)C)C(C(=O)N[C@@H]1c2cc3c(cc2[C@@H](c2cc(OC)c(OC)c(OC)c2)[C@H]2C(=O)OC[C@@H]21)OCO3)c1ccccc1. The van der Waals surface area contributed by atoms with Gasteiger partial charge in [0.05, 0.1) is 51.0 Å². The fraction of sp³-hybridized carbons (Fsp3) is 0.452. The summed E-state index contributed by atoms with van der Waals surface area (Å²) in [7, 11) is 4.59. The van der Waals surface area contributed by atoms with Crippen LogP contribution in [0.25, 0.3) is 0 Å². The van der Waals surface area contributed by atoms with Gasteiger partial charge in [0.1, 0.15) is 6.04 Å². The molecule has 1 aliphatic carbocycles. The summed E-state index contributed by atoms with van der Waals surface area (Å²) >= 11 is 0. The molecule has 3 heterocycles. The first-order valence-electron chi connectivity index (χ1n) is 18.5. The molecule has 1 unspecified atom stereocenters. The Hall–Kier alpha value is -5.27. The summed E-state index contributed by atoms with van der Waals surface area (Å²) in [6.45, 7) is 9.25. The number of hydroxylamine groups is 2. The zero-order chi connectivity index (χ0) is 39.4. The van der Waals surface area contributed by atoms with Gasteiger partial charge >= 0.3 is 5.97 Å². The summed E-state index contributed by atoms with van der Waals surface area (Å²) in [4.78, 5) is 45.2. The lowest BCUT2D eigenvalue weighted by Crippen LogP contribution is -2.51. The molecule has 1 radical (unpaired) electrons. The summed E-state index contributed by atoms with van der Waals surface area (Å²) in [6.07, 6.45) is 2.26. The van der Waals surface area contributed by atoms with Gasteiger partial charge in [-0.1, -0.05) is 43.3 Å². The van der Waals surface area contributed by atoms with Gasteiger partial charge in [-0.25, -0.2) is 0 Å². The van der Waals surface area contributed by atoms with E-state index in [-0.39, 0.29) is 19.9 Å². The van der Waals surface area contributed by atoms with Crippen molar-refractivity contribution in [2.45, 2.75) is 70.1 Å². The Balaban J connectivity index is 1.35. The van der Waals surface area contributed by atoms with Crippen LogP contribution in [0.3, 0.4) is 0 Å². The lowest BCUT2D eigenvalue weighted by Gasteiger charge is -2.41. The number of hydrogen-bond donors (Lipinski definition) is 1. The van der Waals surface area contributed by atoms with Crippen molar-refractivity contribution in [2.75, 3.05) is 41.3 Å². The van der Waals surface area contributed by atoms with E-state index in [9.17, 15) is 14.8 Å². The second-order valence-electron chi connectivity index (χ2n) is 15.5. The molecule has 3 aliphatic heterocycles. The minimum absolute atomic E-state index is 0.0208. The molecule has 4 aliphatic rings. The standard InChI is InChI=1S/C42H48N3O10/c1-9-15-44(39(47)28-20-41(2,3)45(49)42(28,4)5)36(23-13-11-10-12-14-23)38(46)43-35-26-19-30-29(54-22-55-30)18-25(26)33(34-27(35)21-53-40(34)48)24-16-31(50-6)37(52-8)32(17-24)51-7/h10-14,16-20,27,33-36H,9,15,21-22H2,1-8H3,(H,43,46)/t27-,33+,34-,35+,36?/m0/s1. The van der Waals surface area contributed by atoms with Crippen LogP contribution in [0.2, 0.25) is 0 Å². The number of methoxy groups -OCH3 is 3. The van der Waals surface area contributed by atoms with Crippen molar-refractivity contribution in [3.8, 4) is 28.7 Å². The highest BCUT2D eigenvalue weighted by atomic mass is 16.7. The van der Waals surface area contributed by atoms with Crippen molar-refractivity contribution in [3.63, 3.8) is 0 Å². The first kappa shape index (κ1) is 38.0. The maximum atomic E-state index is 15.1. The van der Waals surface area contributed by atoms with Gasteiger partial charge in [-0.05, 0) is 80.6 Å². The minimum atomic E-state index is -1.13. The molecule has 5 atom stereocenters. The molecule has 7 rings (SSSR count).